The number of hydrogen-bond acceptors (Lipinski definition) is 6. The van der Waals surface area contributed by atoms with E-state index in [9.17, 15) is 0 Å². The minimum Gasteiger partial charge on any atom is -0.494 e. The molecule has 3 rings (SSSR count). The number of allylic oxidation sites excluding steroid dienone is 2. The number of nitrogens with one attached hydrogen (secondary N) is 2. The SMILES string of the molecule is C=Nc1cccc(C)c1N(CNC(=C)C)C1CCCCN(C(=C)C2=C(C)OCCN2)C1. The van der Waals surface area contributed by atoms with Crippen LogP contribution in [0.5, 0.6) is 0 Å². The van der Waals surface area contributed by atoms with Crippen LogP contribution in [0, 0.1) is 6.92 Å². The van der Waals surface area contributed by atoms with Gasteiger partial charge in [-0.2, -0.15) is 0 Å². The molecule has 2 N–H and O–H groups in total. The van der Waals surface area contributed by atoms with Gasteiger partial charge in [-0.15, -0.1) is 0 Å². The van der Waals surface area contributed by atoms with E-state index in [4.69, 9.17) is 4.74 Å². The molecule has 168 valence electrons. The summed E-state index contributed by atoms with van der Waals surface area (Å²) < 4.78 is 5.77. The van der Waals surface area contributed by atoms with Crippen molar-refractivity contribution in [3.05, 3.63) is 59.8 Å². The first-order valence-corrected chi connectivity index (χ1v) is 11.2. The Morgan fingerprint density at radius 2 is 2.13 bits per heavy atom. The second kappa shape index (κ2) is 10.4. The Kier molecular flexibility index (Phi) is 7.66. The minimum atomic E-state index is 0.304. The van der Waals surface area contributed by atoms with Crippen LogP contribution >= 0.6 is 0 Å². The van der Waals surface area contributed by atoms with Gasteiger partial charge < -0.3 is 25.2 Å². The summed E-state index contributed by atoms with van der Waals surface area (Å²) in [6, 6.07) is 6.52. The van der Waals surface area contributed by atoms with Crippen LogP contribution in [-0.2, 0) is 4.74 Å². The molecule has 1 aromatic carbocycles. The zero-order chi connectivity index (χ0) is 22.4. The van der Waals surface area contributed by atoms with Crippen LogP contribution < -0.4 is 15.5 Å². The molecule has 0 saturated carbocycles. The number of para-hydroxylation sites is 1. The molecule has 1 atom stereocenters. The standard InChI is InChI=1S/C25H37N5O/c1-18(2)28-17-30(25-19(3)10-9-12-23(25)26-6)22-11-7-8-14-29(16-22)20(4)24-21(5)31-15-13-27-24/h9-10,12,22,27-28H,1,4,6-8,11,13-17H2,2-3,5H3. The van der Waals surface area contributed by atoms with Crippen molar-refractivity contribution in [2.75, 3.05) is 37.8 Å². The molecule has 1 aromatic rings. The van der Waals surface area contributed by atoms with Crippen molar-refractivity contribution in [2.45, 2.75) is 46.1 Å². The first kappa shape index (κ1) is 22.8. The maximum Gasteiger partial charge on any atom is 0.118 e. The second-order valence-corrected chi connectivity index (χ2v) is 8.43. The first-order chi connectivity index (χ1) is 14.9. The lowest BCUT2D eigenvalue weighted by Gasteiger charge is -2.39. The van der Waals surface area contributed by atoms with Gasteiger partial charge in [0, 0.05) is 31.4 Å². The predicted octanol–water partition coefficient (Wildman–Crippen LogP) is 4.43. The number of hydrogen-bond donors (Lipinski definition) is 2. The molecule has 1 saturated heterocycles. The number of aliphatic imine (C=N–C) groups is 1. The quantitative estimate of drug-likeness (QED) is 0.478. The summed E-state index contributed by atoms with van der Waals surface area (Å²) in [6.45, 7) is 22.5. The van der Waals surface area contributed by atoms with Crippen molar-refractivity contribution < 1.29 is 4.74 Å². The van der Waals surface area contributed by atoms with E-state index in [2.05, 4.69) is 58.3 Å². The largest absolute Gasteiger partial charge is 0.494 e. The molecule has 2 aliphatic rings. The number of anilines is 1. The Balaban J connectivity index is 1.92. The van der Waals surface area contributed by atoms with Gasteiger partial charge >= 0.3 is 0 Å². The van der Waals surface area contributed by atoms with Gasteiger partial charge in [-0.25, -0.2) is 0 Å². The molecule has 2 aliphatic heterocycles. The molecule has 31 heavy (non-hydrogen) atoms. The zero-order valence-electron chi connectivity index (χ0n) is 19.3. The molecule has 2 heterocycles. The Morgan fingerprint density at radius 3 is 2.84 bits per heavy atom. The molecule has 6 nitrogen and oxygen atoms in total. The highest BCUT2D eigenvalue weighted by atomic mass is 16.5. The van der Waals surface area contributed by atoms with Gasteiger partial charge in [0.2, 0.25) is 0 Å². The van der Waals surface area contributed by atoms with Crippen LogP contribution in [0.15, 0.2) is 59.2 Å². The van der Waals surface area contributed by atoms with E-state index in [0.717, 1.165) is 66.7 Å². The minimum absolute atomic E-state index is 0.304. The lowest BCUT2D eigenvalue weighted by Crippen LogP contribution is -2.47. The highest BCUT2D eigenvalue weighted by Crippen LogP contribution is 2.35. The number of ether oxygens (including phenoxy) is 1. The third-order valence-corrected chi connectivity index (χ3v) is 6.06. The lowest BCUT2D eigenvalue weighted by atomic mass is 10.1. The molecular formula is C25H37N5O. The summed E-state index contributed by atoms with van der Waals surface area (Å²) in [6.07, 6.45) is 3.42. The van der Waals surface area contributed by atoms with Crippen molar-refractivity contribution >= 4 is 18.1 Å². The molecule has 0 amide bonds. The van der Waals surface area contributed by atoms with E-state index in [0.29, 0.717) is 19.3 Å². The number of nitrogens with zero attached hydrogens (tertiary/aromatic N) is 3. The van der Waals surface area contributed by atoms with Crippen LogP contribution in [0.2, 0.25) is 0 Å². The molecular weight excluding hydrogens is 386 g/mol. The Bertz CT molecular complexity index is 859. The van der Waals surface area contributed by atoms with Gasteiger partial charge in [-0.05, 0) is 58.4 Å². The fourth-order valence-corrected chi connectivity index (χ4v) is 4.41. The summed E-state index contributed by atoms with van der Waals surface area (Å²) in [5.41, 5.74) is 6.25. The highest BCUT2D eigenvalue weighted by Gasteiger charge is 2.28. The number of likely N-dealkylation sites (tertiary alicyclic amines) is 1. The summed E-state index contributed by atoms with van der Waals surface area (Å²) in [5.74, 6) is 0.926. The highest BCUT2D eigenvalue weighted by molar-refractivity contribution is 5.73. The molecule has 0 bridgehead atoms. The topological polar surface area (TPSA) is 52.1 Å². The fraction of sp³-hybridized carbons (Fsp3) is 0.480. The molecule has 6 heteroatoms. The fourth-order valence-electron chi connectivity index (χ4n) is 4.41. The summed E-state index contributed by atoms with van der Waals surface area (Å²) in [4.78, 5) is 9.17. The van der Waals surface area contributed by atoms with E-state index in [1.807, 2.05) is 26.0 Å². The van der Waals surface area contributed by atoms with Crippen LogP contribution in [0.4, 0.5) is 11.4 Å². The van der Waals surface area contributed by atoms with Crippen LogP contribution in [0.1, 0.15) is 38.7 Å². The molecule has 0 spiro atoms. The van der Waals surface area contributed by atoms with Crippen LogP contribution in [0.3, 0.4) is 0 Å². The lowest BCUT2D eigenvalue weighted by molar-refractivity contribution is 0.190. The Hall–Kier alpha value is -2.89. The monoisotopic (exact) mass is 423 g/mol. The van der Waals surface area contributed by atoms with E-state index in [1.165, 1.54) is 12.0 Å². The molecule has 0 aliphatic carbocycles. The Morgan fingerprint density at radius 1 is 1.32 bits per heavy atom. The molecule has 1 unspecified atom stereocenters. The van der Waals surface area contributed by atoms with Gasteiger partial charge in [-0.3, -0.25) is 4.99 Å². The third-order valence-electron chi connectivity index (χ3n) is 6.06. The van der Waals surface area contributed by atoms with Gasteiger partial charge in [0.25, 0.3) is 0 Å². The van der Waals surface area contributed by atoms with E-state index < -0.39 is 0 Å². The van der Waals surface area contributed by atoms with Gasteiger partial charge in [0.05, 0.1) is 29.4 Å². The van der Waals surface area contributed by atoms with Crippen molar-refractivity contribution in [2.24, 2.45) is 4.99 Å². The molecule has 0 aromatic heterocycles. The van der Waals surface area contributed by atoms with E-state index in [-0.39, 0.29) is 0 Å². The maximum atomic E-state index is 5.77. The van der Waals surface area contributed by atoms with Gasteiger partial charge in [0.1, 0.15) is 12.4 Å². The maximum absolute atomic E-state index is 5.77. The van der Waals surface area contributed by atoms with Crippen molar-refractivity contribution in [3.8, 4) is 0 Å². The molecule has 1 fully saturated rings. The van der Waals surface area contributed by atoms with Crippen molar-refractivity contribution in [3.63, 3.8) is 0 Å². The first-order valence-electron chi connectivity index (χ1n) is 11.2. The van der Waals surface area contributed by atoms with Crippen molar-refractivity contribution in [1.29, 1.82) is 0 Å². The van der Waals surface area contributed by atoms with Crippen LogP contribution in [0.25, 0.3) is 0 Å². The van der Waals surface area contributed by atoms with E-state index >= 15 is 0 Å². The number of benzene rings is 1. The van der Waals surface area contributed by atoms with Gasteiger partial charge in [-0.1, -0.05) is 25.3 Å². The average Bonchev–Trinajstić information content (AvgIpc) is 3.01. The second-order valence-electron chi connectivity index (χ2n) is 8.43. The normalized spacial score (nSPS) is 19.1. The van der Waals surface area contributed by atoms with Gasteiger partial charge in [0.15, 0.2) is 0 Å². The summed E-state index contributed by atoms with van der Waals surface area (Å²) in [5, 5.41) is 6.92. The average molecular weight is 424 g/mol. The zero-order valence-corrected chi connectivity index (χ0v) is 19.3. The number of rotatable bonds is 8. The molecule has 0 radical (unpaired) electrons. The number of aryl methyl sites for hydroxylation is 1. The van der Waals surface area contributed by atoms with Crippen LogP contribution in [-0.4, -0.2) is 50.6 Å². The summed E-state index contributed by atoms with van der Waals surface area (Å²) in [7, 11) is 0. The third kappa shape index (κ3) is 5.43. The van der Waals surface area contributed by atoms with E-state index in [1.54, 1.807) is 0 Å². The predicted molar refractivity (Wildman–Crippen MR) is 131 cm³/mol. The smallest absolute Gasteiger partial charge is 0.118 e. The summed E-state index contributed by atoms with van der Waals surface area (Å²) >= 11 is 0. The Labute approximate surface area is 187 Å². The van der Waals surface area contributed by atoms with Crippen molar-refractivity contribution in [1.82, 2.24) is 15.5 Å².